The average molecular weight is 314 g/mol. The van der Waals surface area contributed by atoms with Crippen LogP contribution in [0.2, 0.25) is 0 Å². The van der Waals surface area contributed by atoms with Crippen LogP contribution in [0.25, 0.3) is 11.0 Å². The van der Waals surface area contributed by atoms with E-state index in [2.05, 4.69) is 20.6 Å². The first kappa shape index (κ1) is 16.0. The molecule has 0 unspecified atom stereocenters. The van der Waals surface area contributed by atoms with Gasteiger partial charge in [0.2, 0.25) is 5.91 Å². The van der Waals surface area contributed by atoms with E-state index in [1.807, 2.05) is 18.3 Å². The Labute approximate surface area is 137 Å². The van der Waals surface area contributed by atoms with E-state index in [9.17, 15) is 4.79 Å². The van der Waals surface area contributed by atoms with Crippen LogP contribution in [0.3, 0.4) is 0 Å². The number of hydrogen-bond acceptors (Lipinski definition) is 3. The van der Waals surface area contributed by atoms with Crippen molar-refractivity contribution in [2.45, 2.75) is 51.0 Å². The van der Waals surface area contributed by atoms with E-state index in [0.29, 0.717) is 19.0 Å². The van der Waals surface area contributed by atoms with Crippen LogP contribution in [0, 0.1) is 0 Å². The topological polar surface area (TPSA) is 69.8 Å². The zero-order valence-electron chi connectivity index (χ0n) is 13.6. The Morgan fingerprint density at radius 1 is 1.22 bits per heavy atom. The second kappa shape index (κ2) is 8.11. The van der Waals surface area contributed by atoms with Gasteiger partial charge < -0.3 is 15.6 Å². The number of carbonyl (C=O) groups excluding carboxylic acids is 1. The van der Waals surface area contributed by atoms with E-state index >= 15 is 0 Å². The molecule has 0 bridgehead atoms. The van der Waals surface area contributed by atoms with Crippen LogP contribution in [-0.4, -0.2) is 35.0 Å². The van der Waals surface area contributed by atoms with Crippen molar-refractivity contribution < 1.29 is 4.79 Å². The summed E-state index contributed by atoms with van der Waals surface area (Å²) in [5.74, 6) is 0.0671. The van der Waals surface area contributed by atoms with Crippen molar-refractivity contribution in [2.24, 2.45) is 0 Å². The van der Waals surface area contributed by atoms with Crippen LogP contribution in [0.1, 0.15) is 44.1 Å². The van der Waals surface area contributed by atoms with E-state index < -0.39 is 0 Å². The van der Waals surface area contributed by atoms with E-state index in [0.717, 1.165) is 23.1 Å². The number of H-pyrrole nitrogens is 1. The molecule has 3 N–H and O–H groups in total. The second-order valence-electron chi connectivity index (χ2n) is 6.38. The van der Waals surface area contributed by atoms with Gasteiger partial charge in [-0.05, 0) is 30.5 Å². The zero-order valence-corrected chi connectivity index (χ0v) is 13.6. The van der Waals surface area contributed by atoms with Gasteiger partial charge in [0.15, 0.2) is 0 Å². The maximum Gasteiger partial charge on any atom is 0.224 e. The van der Waals surface area contributed by atoms with E-state index in [1.54, 1.807) is 6.20 Å². The molecule has 2 aromatic heterocycles. The molecule has 1 amide bonds. The zero-order chi connectivity index (χ0) is 15.9. The molecule has 1 aliphatic carbocycles. The molecule has 1 aliphatic rings. The quantitative estimate of drug-likeness (QED) is 0.567. The lowest BCUT2D eigenvalue weighted by atomic mass is 10.1. The number of rotatable bonds is 6. The number of amides is 1. The highest BCUT2D eigenvalue weighted by molar-refractivity contribution is 5.86. The van der Waals surface area contributed by atoms with Gasteiger partial charge in [0, 0.05) is 36.9 Å². The normalized spacial score (nSPS) is 16.3. The third-order valence-electron chi connectivity index (χ3n) is 4.62. The molecular formula is C18H26N4O. The Balaban J connectivity index is 1.39. The summed E-state index contributed by atoms with van der Waals surface area (Å²) in [4.78, 5) is 19.4. The summed E-state index contributed by atoms with van der Waals surface area (Å²) in [6, 6.07) is 4.53. The fourth-order valence-electron chi connectivity index (χ4n) is 3.36. The molecule has 5 nitrogen and oxygen atoms in total. The monoisotopic (exact) mass is 314 g/mol. The largest absolute Gasteiger partial charge is 0.355 e. The van der Waals surface area contributed by atoms with Crippen LogP contribution in [0.15, 0.2) is 24.5 Å². The van der Waals surface area contributed by atoms with Crippen molar-refractivity contribution in [3.8, 4) is 0 Å². The Morgan fingerprint density at radius 3 is 2.87 bits per heavy atom. The van der Waals surface area contributed by atoms with Crippen molar-refractivity contribution in [1.82, 2.24) is 20.6 Å². The Hall–Kier alpha value is -1.88. The highest BCUT2D eigenvalue weighted by Crippen LogP contribution is 2.17. The Bertz CT molecular complexity index is 629. The molecule has 1 saturated carbocycles. The van der Waals surface area contributed by atoms with Gasteiger partial charge in [-0.2, -0.15) is 0 Å². The number of pyridine rings is 1. The molecular weight excluding hydrogens is 288 g/mol. The fourth-order valence-corrected chi connectivity index (χ4v) is 3.36. The highest BCUT2D eigenvalue weighted by atomic mass is 16.1. The molecule has 124 valence electrons. The van der Waals surface area contributed by atoms with Crippen molar-refractivity contribution >= 4 is 16.9 Å². The number of aromatic nitrogens is 2. The summed E-state index contributed by atoms with van der Waals surface area (Å²) in [5, 5.41) is 7.61. The minimum Gasteiger partial charge on any atom is -0.355 e. The average Bonchev–Trinajstić information content (AvgIpc) is 2.79. The Kier molecular flexibility index (Phi) is 5.64. The minimum atomic E-state index is 0.0671. The summed E-state index contributed by atoms with van der Waals surface area (Å²) in [7, 11) is 0. The maximum absolute atomic E-state index is 12.1. The molecule has 0 radical (unpaired) electrons. The van der Waals surface area contributed by atoms with E-state index in [1.165, 1.54) is 38.5 Å². The van der Waals surface area contributed by atoms with Gasteiger partial charge in [0.25, 0.3) is 0 Å². The number of nitrogens with zero attached hydrogens (tertiary/aromatic N) is 1. The van der Waals surface area contributed by atoms with Gasteiger partial charge in [0.05, 0.1) is 6.42 Å². The lowest BCUT2D eigenvalue weighted by molar-refractivity contribution is -0.120. The molecule has 0 spiro atoms. The molecule has 2 aromatic rings. The number of nitrogens with one attached hydrogen (secondary N) is 3. The first-order valence-corrected chi connectivity index (χ1v) is 8.74. The van der Waals surface area contributed by atoms with Gasteiger partial charge in [-0.1, -0.05) is 25.7 Å². The molecule has 3 rings (SSSR count). The highest BCUT2D eigenvalue weighted by Gasteiger charge is 2.12. The van der Waals surface area contributed by atoms with Crippen molar-refractivity contribution in [1.29, 1.82) is 0 Å². The molecule has 2 heterocycles. The lowest BCUT2D eigenvalue weighted by Crippen LogP contribution is -2.37. The van der Waals surface area contributed by atoms with Gasteiger partial charge in [0.1, 0.15) is 5.65 Å². The number of carbonyl (C=O) groups is 1. The predicted octanol–water partition coefficient (Wildman–Crippen LogP) is 2.53. The van der Waals surface area contributed by atoms with Gasteiger partial charge in [-0.3, -0.25) is 4.79 Å². The lowest BCUT2D eigenvalue weighted by Gasteiger charge is -2.16. The van der Waals surface area contributed by atoms with Crippen LogP contribution >= 0.6 is 0 Å². The van der Waals surface area contributed by atoms with Crippen LogP contribution in [0.5, 0.6) is 0 Å². The third-order valence-corrected chi connectivity index (χ3v) is 4.62. The van der Waals surface area contributed by atoms with Crippen molar-refractivity contribution in [2.75, 3.05) is 13.1 Å². The van der Waals surface area contributed by atoms with E-state index in [4.69, 9.17) is 0 Å². The van der Waals surface area contributed by atoms with Crippen LogP contribution < -0.4 is 10.6 Å². The van der Waals surface area contributed by atoms with E-state index in [-0.39, 0.29) is 5.91 Å². The minimum absolute atomic E-state index is 0.0671. The number of aromatic amines is 1. The van der Waals surface area contributed by atoms with Crippen LogP contribution in [0.4, 0.5) is 0 Å². The molecule has 1 fully saturated rings. The fraction of sp³-hybridized carbons (Fsp3) is 0.556. The predicted molar refractivity (Wildman–Crippen MR) is 92.3 cm³/mol. The SMILES string of the molecule is O=C(Cc1c[nH]c2ncccc12)NCCNC1CCCCCC1. The summed E-state index contributed by atoms with van der Waals surface area (Å²) in [5.41, 5.74) is 1.84. The number of hydrogen-bond donors (Lipinski definition) is 3. The summed E-state index contributed by atoms with van der Waals surface area (Å²) in [6.45, 7) is 1.54. The standard InChI is InChI=1S/C18H26N4O/c23-17(12-14-13-22-18-16(14)8-5-9-21-18)20-11-10-19-15-6-3-1-2-4-7-15/h5,8-9,13,15,19H,1-4,6-7,10-12H2,(H,20,23)(H,21,22). The van der Waals surface area contributed by atoms with Gasteiger partial charge >= 0.3 is 0 Å². The molecule has 5 heteroatoms. The maximum atomic E-state index is 12.1. The smallest absolute Gasteiger partial charge is 0.224 e. The summed E-state index contributed by atoms with van der Waals surface area (Å²) < 4.78 is 0. The molecule has 23 heavy (non-hydrogen) atoms. The molecule has 0 atom stereocenters. The number of fused-ring (bicyclic) bond motifs is 1. The third kappa shape index (κ3) is 4.55. The Morgan fingerprint density at radius 2 is 2.04 bits per heavy atom. The first-order valence-electron chi connectivity index (χ1n) is 8.74. The molecule has 0 aromatic carbocycles. The van der Waals surface area contributed by atoms with Gasteiger partial charge in [-0.15, -0.1) is 0 Å². The first-order chi connectivity index (χ1) is 11.3. The van der Waals surface area contributed by atoms with Crippen molar-refractivity contribution in [3.05, 3.63) is 30.1 Å². The molecule has 0 saturated heterocycles. The van der Waals surface area contributed by atoms with Crippen molar-refractivity contribution in [3.63, 3.8) is 0 Å². The summed E-state index contributed by atoms with van der Waals surface area (Å²) in [6.07, 6.45) is 12.0. The summed E-state index contributed by atoms with van der Waals surface area (Å²) >= 11 is 0. The molecule has 0 aliphatic heterocycles. The van der Waals surface area contributed by atoms with Crippen LogP contribution in [-0.2, 0) is 11.2 Å². The van der Waals surface area contributed by atoms with Gasteiger partial charge in [-0.25, -0.2) is 4.98 Å². The second-order valence-corrected chi connectivity index (χ2v) is 6.38.